The van der Waals surface area contributed by atoms with Gasteiger partial charge in [0, 0.05) is 0 Å². The van der Waals surface area contributed by atoms with Gasteiger partial charge in [-0.25, -0.2) is 4.79 Å². The summed E-state index contributed by atoms with van der Waals surface area (Å²) in [5.41, 5.74) is 4.69. The molecule has 172 valence electrons. The van der Waals surface area contributed by atoms with Gasteiger partial charge in [0.15, 0.2) is 0 Å². The highest BCUT2D eigenvalue weighted by molar-refractivity contribution is 5.91. The number of carbonyl (C=O) groups is 1. The molecule has 0 radical (unpaired) electrons. The van der Waals surface area contributed by atoms with Crippen LogP contribution in [-0.4, -0.2) is 5.97 Å². The van der Waals surface area contributed by atoms with Gasteiger partial charge in [0.25, 0.3) is 0 Å². The lowest BCUT2D eigenvalue weighted by Gasteiger charge is -2.30. The number of benzene rings is 3. The maximum Gasteiger partial charge on any atom is 0.343 e. The molecule has 2 heteroatoms. The molecule has 1 atom stereocenters. The third-order valence-corrected chi connectivity index (χ3v) is 7.19. The molecule has 0 aromatic heterocycles. The number of aryl methyl sites for hydroxylation is 1. The maximum atomic E-state index is 12.6. The molecule has 0 N–H and O–H groups in total. The van der Waals surface area contributed by atoms with Gasteiger partial charge in [-0.2, -0.15) is 0 Å². The van der Waals surface area contributed by atoms with E-state index in [-0.39, 0.29) is 5.97 Å². The molecular weight excluding hydrogens is 404 g/mol. The monoisotopic (exact) mass is 440 g/mol. The van der Waals surface area contributed by atoms with Crippen LogP contribution in [0.2, 0.25) is 0 Å². The highest BCUT2D eigenvalue weighted by atomic mass is 16.5. The zero-order valence-corrected chi connectivity index (χ0v) is 20.0. The van der Waals surface area contributed by atoms with E-state index in [4.69, 9.17) is 4.74 Å². The summed E-state index contributed by atoms with van der Waals surface area (Å²) in [6.45, 7) is 4.52. The zero-order valence-electron chi connectivity index (χ0n) is 20.0. The summed E-state index contributed by atoms with van der Waals surface area (Å²) >= 11 is 0. The van der Waals surface area contributed by atoms with E-state index in [1.54, 1.807) is 0 Å². The van der Waals surface area contributed by atoms with Crippen LogP contribution in [0.15, 0.2) is 78.9 Å². The number of hydrogen-bond donors (Lipinski definition) is 0. The van der Waals surface area contributed by atoms with Gasteiger partial charge in [-0.1, -0.05) is 74.9 Å². The second-order valence-electron chi connectivity index (χ2n) is 9.67. The molecule has 1 fully saturated rings. The summed E-state index contributed by atoms with van der Waals surface area (Å²) in [6, 6.07) is 26.8. The van der Waals surface area contributed by atoms with Crippen LogP contribution in [0, 0.1) is 5.92 Å². The largest absolute Gasteiger partial charge is 0.423 e. The van der Waals surface area contributed by atoms with Crippen molar-refractivity contribution >= 4 is 5.97 Å². The SMILES string of the molecule is CCCc1ccc(OC(=O)c2ccc(C3CCC(C[C@@H](C)c4ccccc4)CC3)cc2)cc1. The lowest BCUT2D eigenvalue weighted by molar-refractivity contribution is 0.0734. The van der Waals surface area contributed by atoms with Gasteiger partial charge in [-0.3, -0.25) is 0 Å². The summed E-state index contributed by atoms with van der Waals surface area (Å²) in [5, 5.41) is 0. The van der Waals surface area contributed by atoms with Crippen molar-refractivity contribution in [3.05, 3.63) is 101 Å². The Balaban J connectivity index is 1.27. The first kappa shape index (κ1) is 23.3. The molecule has 2 nitrogen and oxygen atoms in total. The van der Waals surface area contributed by atoms with Crippen molar-refractivity contribution in [3.8, 4) is 5.75 Å². The molecule has 1 aliphatic carbocycles. The Morgan fingerprint density at radius 2 is 1.55 bits per heavy atom. The minimum Gasteiger partial charge on any atom is -0.423 e. The Morgan fingerprint density at radius 1 is 0.879 bits per heavy atom. The highest BCUT2D eigenvalue weighted by Gasteiger charge is 2.24. The number of rotatable bonds is 8. The number of ether oxygens (including phenoxy) is 1. The number of carbonyl (C=O) groups excluding carboxylic acids is 1. The van der Waals surface area contributed by atoms with Gasteiger partial charge < -0.3 is 4.74 Å². The van der Waals surface area contributed by atoms with Crippen LogP contribution < -0.4 is 4.74 Å². The van der Waals surface area contributed by atoms with Gasteiger partial charge in [-0.05, 0) is 97.2 Å². The Hall–Kier alpha value is -2.87. The lowest BCUT2D eigenvalue weighted by atomic mass is 9.75. The van der Waals surface area contributed by atoms with Crippen LogP contribution in [0.3, 0.4) is 0 Å². The van der Waals surface area contributed by atoms with Crippen molar-refractivity contribution in [1.29, 1.82) is 0 Å². The maximum absolute atomic E-state index is 12.6. The Bertz CT molecular complexity index is 997. The normalized spacial score (nSPS) is 19.1. The molecule has 0 saturated heterocycles. The van der Waals surface area contributed by atoms with E-state index < -0.39 is 0 Å². The van der Waals surface area contributed by atoms with Crippen molar-refractivity contribution < 1.29 is 9.53 Å². The van der Waals surface area contributed by atoms with Gasteiger partial charge in [-0.15, -0.1) is 0 Å². The van der Waals surface area contributed by atoms with Crippen LogP contribution in [0.4, 0.5) is 0 Å². The lowest BCUT2D eigenvalue weighted by Crippen LogP contribution is -2.15. The van der Waals surface area contributed by atoms with Crippen molar-refractivity contribution in [2.24, 2.45) is 5.92 Å². The Kier molecular flexibility index (Phi) is 7.99. The molecule has 4 rings (SSSR count). The van der Waals surface area contributed by atoms with Gasteiger partial charge in [0.1, 0.15) is 5.75 Å². The first-order valence-electron chi connectivity index (χ1n) is 12.6. The molecule has 0 bridgehead atoms. The molecular formula is C31H36O2. The Morgan fingerprint density at radius 3 is 2.18 bits per heavy atom. The van der Waals surface area contributed by atoms with Crippen molar-refractivity contribution in [2.45, 2.75) is 70.6 Å². The molecule has 1 saturated carbocycles. The average Bonchev–Trinajstić information content (AvgIpc) is 2.86. The fourth-order valence-electron chi connectivity index (χ4n) is 5.22. The van der Waals surface area contributed by atoms with Gasteiger partial charge in [0.2, 0.25) is 0 Å². The molecule has 0 aliphatic heterocycles. The van der Waals surface area contributed by atoms with E-state index in [0.29, 0.717) is 23.1 Å². The third-order valence-electron chi connectivity index (χ3n) is 7.19. The smallest absolute Gasteiger partial charge is 0.343 e. The minimum atomic E-state index is -0.289. The average molecular weight is 441 g/mol. The zero-order chi connectivity index (χ0) is 23.0. The minimum absolute atomic E-state index is 0.289. The van der Waals surface area contributed by atoms with E-state index >= 15 is 0 Å². The third kappa shape index (κ3) is 6.35. The van der Waals surface area contributed by atoms with Crippen LogP contribution >= 0.6 is 0 Å². The highest BCUT2D eigenvalue weighted by Crippen LogP contribution is 2.39. The molecule has 0 amide bonds. The summed E-state index contributed by atoms with van der Waals surface area (Å²) in [6.07, 6.45) is 8.49. The fourth-order valence-corrected chi connectivity index (χ4v) is 5.22. The molecule has 33 heavy (non-hydrogen) atoms. The second kappa shape index (κ2) is 11.3. The van der Waals surface area contributed by atoms with E-state index in [1.807, 2.05) is 36.4 Å². The van der Waals surface area contributed by atoms with E-state index in [0.717, 1.165) is 18.8 Å². The standard InChI is InChI=1S/C31H36O2/c1-3-7-24-12-20-30(21-13-24)33-31(32)29-18-16-28(17-19-29)27-14-10-25(11-15-27)22-23(2)26-8-5-4-6-9-26/h4-6,8-9,12-13,16-21,23,25,27H,3,7,10-11,14-15,22H2,1-2H3/t23-,25?,27?/m1/s1. The Labute approximate surface area is 199 Å². The summed E-state index contributed by atoms with van der Waals surface area (Å²) in [7, 11) is 0. The first-order valence-corrected chi connectivity index (χ1v) is 12.6. The second-order valence-corrected chi connectivity index (χ2v) is 9.67. The molecule has 1 aliphatic rings. The number of esters is 1. The van der Waals surface area contributed by atoms with Gasteiger partial charge in [0.05, 0.1) is 5.56 Å². The van der Waals surface area contributed by atoms with E-state index in [2.05, 4.69) is 56.3 Å². The predicted molar refractivity (Wildman–Crippen MR) is 136 cm³/mol. The van der Waals surface area contributed by atoms with Crippen LogP contribution in [0.25, 0.3) is 0 Å². The van der Waals surface area contributed by atoms with Crippen LogP contribution in [0.5, 0.6) is 5.75 Å². The van der Waals surface area contributed by atoms with Gasteiger partial charge >= 0.3 is 5.97 Å². The predicted octanol–water partition coefficient (Wildman–Crippen LogP) is 8.33. The first-order chi connectivity index (χ1) is 16.1. The van der Waals surface area contributed by atoms with Crippen molar-refractivity contribution in [1.82, 2.24) is 0 Å². The fraction of sp³-hybridized carbons (Fsp3) is 0.387. The number of hydrogen-bond acceptors (Lipinski definition) is 2. The summed E-state index contributed by atoms with van der Waals surface area (Å²) in [5.74, 6) is 2.36. The quantitative estimate of drug-likeness (QED) is 0.260. The molecule has 0 spiro atoms. The van der Waals surface area contributed by atoms with Crippen LogP contribution in [-0.2, 0) is 6.42 Å². The van der Waals surface area contributed by atoms with Crippen molar-refractivity contribution in [2.75, 3.05) is 0 Å². The molecule has 3 aromatic rings. The topological polar surface area (TPSA) is 26.3 Å². The molecule has 3 aromatic carbocycles. The molecule has 0 heterocycles. The molecule has 0 unspecified atom stereocenters. The van der Waals surface area contributed by atoms with E-state index in [9.17, 15) is 4.79 Å². The summed E-state index contributed by atoms with van der Waals surface area (Å²) in [4.78, 5) is 12.6. The summed E-state index contributed by atoms with van der Waals surface area (Å²) < 4.78 is 5.57. The van der Waals surface area contributed by atoms with Crippen LogP contribution in [0.1, 0.15) is 91.3 Å². The van der Waals surface area contributed by atoms with E-state index in [1.165, 1.54) is 48.8 Å². The van der Waals surface area contributed by atoms with Crippen molar-refractivity contribution in [3.63, 3.8) is 0 Å².